The van der Waals surface area contributed by atoms with E-state index in [1.165, 1.54) is 6.92 Å². The first kappa shape index (κ1) is 10.7. The molecule has 0 radical (unpaired) electrons. The van der Waals surface area contributed by atoms with Gasteiger partial charge in [-0.25, -0.2) is 9.78 Å². The van der Waals surface area contributed by atoms with E-state index in [0.29, 0.717) is 0 Å². The van der Waals surface area contributed by atoms with Crippen molar-refractivity contribution in [2.45, 2.75) is 6.92 Å². The Morgan fingerprint density at radius 2 is 2.33 bits per heavy atom. The van der Waals surface area contributed by atoms with Gasteiger partial charge in [-0.3, -0.25) is 10.1 Å². The van der Waals surface area contributed by atoms with Crippen LogP contribution in [0.25, 0.3) is 0 Å². The fraction of sp³-hybridized carbons (Fsp3) is 0.111. The number of nitrogens with zero attached hydrogens (tertiary/aromatic N) is 2. The normalized spacial score (nSPS) is 9.33. The number of aryl methyl sites for hydroxylation is 1. The average molecular weight is 206 g/mol. The number of aromatic carboxylic acids is 1. The second-order valence-electron chi connectivity index (χ2n) is 2.70. The molecule has 0 amide bonds. The molecule has 1 heterocycles. The molecule has 15 heavy (non-hydrogen) atoms. The van der Waals surface area contributed by atoms with Crippen molar-refractivity contribution in [2.75, 3.05) is 0 Å². The summed E-state index contributed by atoms with van der Waals surface area (Å²) in [6.07, 6.45) is 5.02. The van der Waals surface area contributed by atoms with E-state index in [9.17, 15) is 14.9 Å². The highest BCUT2D eigenvalue weighted by molar-refractivity contribution is 5.89. The van der Waals surface area contributed by atoms with Crippen molar-refractivity contribution in [1.29, 1.82) is 0 Å². The highest BCUT2D eigenvalue weighted by atomic mass is 16.6. The summed E-state index contributed by atoms with van der Waals surface area (Å²) in [7, 11) is 0. The smallest absolute Gasteiger partial charge is 0.337 e. The maximum Gasteiger partial charge on any atom is 0.337 e. The summed E-state index contributed by atoms with van der Waals surface area (Å²) in [5, 5.41) is 19.3. The third-order valence-corrected chi connectivity index (χ3v) is 1.76. The van der Waals surface area contributed by atoms with Gasteiger partial charge in [0, 0.05) is 6.07 Å². The summed E-state index contributed by atoms with van der Waals surface area (Å²) in [6.45, 7) is 1.42. The Bertz CT molecular complexity index is 488. The fourth-order valence-electron chi connectivity index (χ4n) is 1.06. The molecule has 0 spiro atoms. The molecular formula is C9H6N2O4. The number of rotatable bonds is 2. The lowest BCUT2D eigenvalue weighted by Gasteiger charge is -2.01. The molecule has 1 N–H and O–H groups in total. The van der Waals surface area contributed by atoms with Gasteiger partial charge in [0.2, 0.25) is 0 Å². The van der Waals surface area contributed by atoms with Gasteiger partial charge in [0.25, 0.3) is 0 Å². The van der Waals surface area contributed by atoms with Crippen molar-refractivity contribution >= 4 is 11.7 Å². The SMILES string of the molecule is C#Cc1nc(C)c(C(=O)O)cc1[N+](=O)[O-]. The molecule has 0 unspecified atom stereocenters. The van der Waals surface area contributed by atoms with Crippen LogP contribution in [0.15, 0.2) is 6.07 Å². The topological polar surface area (TPSA) is 93.3 Å². The molecule has 1 rings (SSSR count). The highest BCUT2D eigenvalue weighted by Gasteiger charge is 2.20. The zero-order chi connectivity index (χ0) is 11.6. The molecule has 0 aliphatic heterocycles. The zero-order valence-electron chi connectivity index (χ0n) is 7.72. The van der Waals surface area contributed by atoms with Gasteiger partial charge in [-0.2, -0.15) is 0 Å². The first-order valence-corrected chi connectivity index (χ1v) is 3.83. The average Bonchev–Trinajstić information content (AvgIpc) is 2.16. The van der Waals surface area contributed by atoms with Crippen LogP contribution in [0.5, 0.6) is 0 Å². The van der Waals surface area contributed by atoms with Crippen LogP contribution in [0.2, 0.25) is 0 Å². The molecule has 6 heteroatoms. The van der Waals surface area contributed by atoms with Crippen LogP contribution in [-0.2, 0) is 0 Å². The molecule has 0 atom stereocenters. The fourth-order valence-corrected chi connectivity index (χ4v) is 1.06. The van der Waals surface area contributed by atoms with E-state index in [4.69, 9.17) is 11.5 Å². The number of carbonyl (C=O) groups is 1. The van der Waals surface area contributed by atoms with Gasteiger partial charge < -0.3 is 5.11 Å². The lowest BCUT2D eigenvalue weighted by atomic mass is 10.1. The Hall–Kier alpha value is -2.42. The summed E-state index contributed by atoms with van der Waals surface area (Å²) in [6, 6.07) is 0.917. The van der Waals surface area contributed by atoms with Crippen LogP contribution in [-0.4, -0.2) is 21.0 Å². The summed E-state index contributed by atoms with van der Waals surface area (Å²) >= 11 is 0. The van der Waals surface area contributed by atoms with Gasteiger partial charge in [-0.15, -0.1) is 6.42 Å². The van der Waals surface area contributed by atoms with E-state index in [-0.39, 0.29) is 17.0 Å². The number of aromatic nitrogens is 1. The molecule has 1 aromatic rings. The summed E-state index contributed by atoms with van der Waals surface area (Å²) in [5.74, 6) is 0.767. The molecule has 0 bridgehead atoms. The number of nitro groups is 1. The first-order valence-electron chi connectivity index (χ1n) is 3.83. The number of hydrogen-bond donors (Lipinski definition) is 1. The number of pyridine rings is 1. The van der Waals surface area contributed by atoms with Gasteiger partial charge >= 0.3 is 11.7 Å². The van der Waals surface area contributed by atoms with E-state index in [1.54, 1.807) is 0 Å². The van der Waals surface area contributed by atoms with Gasteiger partial charge in [0.05, 0.1) is 16.2 Å². The standard InChI is InChI=1S/C9H6N2O4/c1-3-7-8(11(14)15)4-6(9(12)13)5(2)10-7/h1,4H,2H3,(H,12,13). The Labute approximate surface area is 84.7 Å². The molecule has 6 nitrogen and oxygen atoms in total. The van der Waals surface area contributed by atoms with E-state index >= 15 is 0 Å². The Morgan fingerprint density at radius 3 is 2.73 bits per heavy atom. The van der Waals surface area contributed by atoms with Crippen LogP contribution < -0.4 is 0 Å². The largest absolute Gasteiger partial charge is 0.478 e. The maximum absolute atomic E-state index is 10.7. The van der Waals surface area contributed by atoms with Crippen LogP contribution in [0.4, 0.5) is 5.69 Å². The molecule has 0 saturated heterocycles. The number of hydrogen-bond acceptors (Lipinski definition) is 4. The van der Waals surface area contributed by atoms with Crippen LogP contribution in [0.3, 0.4) is 0 Å². The minimum Gasteiger partial charge on any atom is -0.478 e. The molecule has 76 valence electrons. The molecule has 0 saturated carbocycles. The predicted molar refractivity (Wildman–Crippen MR) is 50.5 cm³/mol. The lowest BCUT2D eigenvalue weighted by Crippen LogP contribution is -2.06. The van der Waals surface area contributed by atoms with E-state index in [2.05, 4.69) is 4.98 Å². The molecule has 1 aromatic heterocycles. The van der Waals surface area contributed by atoms with Crippen LogP contribution in [0, 0.1) is 29.4 Å². The predicted octanol–water partition coefficient (Wildman–Crippen LogP) is 0.978. The second-order valence-corrected chi connectivity index (χ2v) is 2.70. The molecule has 0 aliphatic rings. The van der Waals surface area contributed by atoms with Gasteiger partial charge in [-0.05, 0) is 12.8 Å². The third kappa shape index (κ3) is 1.91. The summed E-state index contributed by atoms with van der Waals surface area (Å²) in [5.41, 5.74) is -0.704. The number of carboxylic acid groups (broad SMARTS) is 1. The number of carboxylic acids is 1. The first-order chi connectivity index (χ1) is 6.97. The van der Waals surface area contributed by atoms with Gasteiger partial charge in [-0.1, -0.05) is 0 Å². The molecular weight excluding hydrogens is 200 g/mol. The molecule has 0 fully saturated rings. The minimum atomic E-state index is -1.27. The van der Waals surface area contributed by atoms with Crippen molar-refractivity contribution in [3.8, 4) is 12.3 Å². The Balaban J connectivity index is 3.52. The maximum atomic E-state index is 10.7. The van der Waals surface area contributed by atoms with Crippen molar-refractivity contribution in [2.24, 2.45) is 0 Å². The van der Waals surface area contributed by atoms with Crippen molar-refractivity contribution in [3.05, 3.63) is 33.1 Å². The van der Waals surface area contributed by atoms with Crippen molar-refractivity contribution in [3.63, 3.8) is 0 Å². The van der Waals surface area contributed by atoms with E-state index in [1.807, 2.05) is 5.92 Å². The van der Waals surface area contributed by atoms with Gasteiger partial charge in [0.1, 0.15) is 0 Å². The second kappa shape index (κ2) is 3.75. The zero-order valence-corrected chi connectivity index (χ0v) is 7.72. The van der Waals surface area contributed by atoms with Crippen LogP contribution >= 0.6 is 0 Å². The minimum absolute atomic E-state index is 0.154. The van der Waals surface area contributed by atoms with Gasteiger partial charge in [0.15, 0.2) is 5.69 Å². The summed E-state index contributed by atoms with van der Waals surface area (Å²) in [4.78, 5) is 24.1. The lowest BCUT2D eigenvalue weighted by molar-refractivity contribution is -0.385. The highest BCUT2D eigenvalue weighted by Crippen LogP contribution is 2.19. The Kier molecular flexibility index (Phi) is 2.67. The summed E-state index contributed by atoms with van der Waals surface area (Å²) < 4.78 is 0. The molecule has 0 aromatic carbocycles. The Morgan fingerprint density at radius 1 is 1.73 bits per heavy atom. The van der Waals surface area contributed by atoms with Crippen LogP contribution in [0.1, 0.15) is 21.7 Å². The quantitative estimate of drug-likeness (QED) is 0.442. The van der Waals surface area contributed by atoms with E-state index < -0.39 is 16.6 Å². The molecule has 0 aliphatic carbocycles. The van der Waals surface area contributed by atoms with Crippen molar-refractivity contribution < 1.29 is 14.8 Å². The van der Waals surface area contributed by atoms with Crippen molar-refractivity contribution in [1.82, 2.24) is 4.98 Å². The third-order valence-electron chi connectivity index (χ3n) is 1.76. The van der Waals surface area contributed by atoms with E-state index in [0.717, 1.165) is 6.07 Å². The number of terminal acetylenes is 1. The monoisotopic (exact) mass is 206 g/mol.